The molecule has 2 aromatic carbocycles. The largest absolute Gasteiger partial charge is 0.476 e. The van der Waals surface area contributed by atoms with Crippen molar-refractivity contribution in [2.75, 3.05) is 18.4 Å². The summed E-state index contributed by atoms with van der Waals surface area (Å²) in [6.07, 6.45) is 0.631. The molecule has 1 aromatic heterocycles. The summed E-state index contributed by atoms with van der Waals surface area (Å²) >= 11 is 0. The van der Waals surface area contributed by atoms with Gasteiger partial charge in [0.15, 0.2) is 5.69 Å². The maximum absolute atomic E-state index is 13.6. The van der Waals surface area contributed by atoms with Crippen molar-refractivity contribution in [3.63, 3.8) is 0 Å². The zero-order chi connectivity index (χ0) is 27.3. The Kier molecular flexibility index (Phi) is 8.72. The van der Waals surface area contributed by atoms with E-state index in [1.54, 1.807) is 64.1 Å². The van der Waals surface area contributed by atoms with Crippen LogP contribution in [0.4, 0.5) is 5.69 Å². The maximum Gasteiger partial charge on any atom is 0.356 e. The van der Waals surface area contributed by atoms with Crippen LogP contribution in [0.2, 0.25) is 0 Å². The molecule has 0 saturated heterocycles. The normalized spacial score (nSPS) is 12.4. The van der Waals surface area contributed by atoms with E-state index < -0.39 is 16.0 Å². The van der Waals surface area contributed by atoms with E-state index in [0.717, 1.165) is 0 Å². The van der Waals surface area contributed by atoms with Crippen LogP contribution in [0.5, 0.6) is 11.6 Å². The molecule has 0 spiro atoms. The van der Waals surface area contributed by atoms with Crippen LogP contribution in [-0.4, -0.2) is 52.6 Å². The number of aromatic nitrogens is 2. The van der Waals surface area contributed by atoms with Crippen molar-refractivity contribution in [2.24, 2.45) is 5.92 Å². The fraction of sp³-hybridized carbons (Fsp3) is 0.346. The third-order valence-corrected chi connectivity index (χ3v) is 8.14. The Morgan fingerprint density at radius 1 is 1.11 bits per heavy atom. The number of nitrogens with one attached hydrogen (secondary N) is 1. The maximum atomic E-state index is 13.6. The molecule has 0 unspecified atom stereocenters. The van der Waals surface area contributed by atoms with Crippen molar-refractivity contribution in [2.45, 2.75) is 45.9 Å². The minimum atomic E-state index is -4.02. The van der Waals surface area contributed by atoms with Crippen molar-refractivity contribution >= 4 is 27.6 Å². The van der Waals surface area contributed by atoms with Crippen LogP contribution in [0, 0.1) is 12.8 Å². The summed E-state index contributed by atoms with van der Waals surface area (Å²) in [5, 5.41) is 16.6. The fourth-order valence-electron chi connectivity index (χ4n) is 3.68. The highest BCUT2D eigenvalue weighted by molar-refractivity contribution is 7.89. The lowest BCUT2D eigenvalue weighted by Crippen LogP contribution is -2.31. The van der Waals surface area contributed by atoms with Crippen LogP contribution in [0.15, 0.2) is 53.4 Å². The third kappa shape index (κ3) is 5.83. The number of carbonyl (C=O) groups is 2. The molecule has 0 radical (unpaired) electrons. The first kappa shape index (κ1) is 27.9. The number of carboxylic acid groups (broad SMARTS) is 1. The Hall–Kier alpha value is -3.70. The number of ether oxygens (including phenoxy) is 1. The first-order chi connectivity index (χ1) is 17.5. The number of para-hydroxylation sites is 1. The van der Waals surface area contributed by atoms with Crippen LogP contribution in [0.1, 0.15) is 50.2 Å². The molecule has 1 amide bonds. The molecule has 0 fully saturated rings. The highest BCUT2D eigenvalue weighted by Gasteiger charge is 2.29. The van der Waals surface area contributed by atoms with Gasteiger partial charge in [-0.3, -0.25) is 4.79 Å². The number of hydrogen-bond donors (Lipinski definition) is 2. The van der Waals surface area contributed by atoms with E-state index in [4.69, 9.17) is 4.74 Å². The van der Waals surface area contributed by atoms with Crippen molar-refractivity contribution in [1.82, 2.24) is 14.1 Å². The molecule has 3 aromatic rings. The van der Waals surface area contributed by atoms with Crippen molar-refractivity contribution in [1.29, 1.82) is 0 Å². The molecule has 3 rings (SSSR count). The van der Waals surface area contributed by atoms with Crippen molar-refractivity contribution in [3.05, 3.63) is 59.8 Å². The number of amides is 1. The predicted octanol–water partition coefficient (Wildman–Crippen LogP) is 4.69. The number of carbonyl (C=O) groups excluding carboxylic acids is 1. The van der Waals surface area contributed by atoms with E-state index >= 15 is 0 Å². The van der Waals surface area contributed by atoms with Gasteiger partial charge in [0.2, 0.25) is 21.8 Å². The highest BCUT2D eigenvalue weighted by atomic mass is 32.2. The van der Waals surface area contributed by atoms with Crippen LogP contribution < -0.4 is 10.1 Å². The molecule has 0 saturated carbocycles. The van der Waals surface area contributed by atoms with Gasteiger partial charge in [-0.25, -0.2) is 13.2 Å². The van der Waals surface area contributed by atoms with E-state index in [2.05, 4.69) is 10.4 Å². The van der Waals surface area contributed by atoms with Gasteiger partial charge in [0.25, 0.3) is 0 Å². The molecule has 1 atom stereocenters. The molecule has 11 heteroatoms. The Morgan fingerprint density at radius 2 is 1.76 bits per heavy atom. The van der Waals surface area contributed by atoms with Gasteiger partial charge < -0.3 is 15.2 Å². The van der Waals surface area contributed by atoms with E-state index in [1.807, 2.05) is 6.92 Å². The standard InChI is InChI=1S/C26H32N4O6S/c1-6-17(4)24(31)27-19-14-15-21(22(16-19)37(34,35)29(7-2)8-3)36-25-18(5)23(26(32)33)28-30(25)20-12-10-9-11-13-20/h9-17H,6-8H2,1-5H3,(H,27,31)(H,32,33)/t17-/m1/s1. The summed E-state index contributed by atoms with van der Waals surface area (Å²) in [6, 6.07) is 13.2. The van der Waals surface area contributed by atoms with Gasteiger partial charge in [0.1, 0.15) is 10.6 Å². The average Bonchev–Trinajstić information content (AvgIpc) is 3.21. The highest BCUT2D eigenvalue weighted by Crippen LogP contribution is 2.36. The monoisotopic (exact) mass is 528 g/mol. The minimum absolute atomic E-state index is 0.0226. The van der Waals surface area contributed by atoms with Gasteiger partial charge >= 0.3 is 5.97 Å². The SMILES string of the molecule is CC[C@@H](C)C(=O)Nc1ccc(Oc2c(C)c(C(=O)O)nn2-c2ccccc2)c(S(=O)(=O)N(CC)CC)c1. The molecule has 1 heterocycles. The molecule has 10 nitrogen and oxygen atoms in total. The van der Waals surface area contributed by atoms with Crippen LogP contribution in [0.25, 0.3) is 5.69 Å². The molecule has 0 aliphatic heterocycles. The zero-order valence-electron chi connectivity index (χ0n) is 21.6. The van der Waals surface area contributed by atoms with E-state index in [9.17, 15) is 23.1 Å². The van der Waals surface area contributed by atoms with Crippen LogP contribution in [-0.2, 0) is 14.8 Å². The number of aromatic carboxylic acids is 1. The smallest absolute Gasteiger partial charge is 0.356 e. The first-order valence-corrected chi connectivity index (χ1v) is 13.5. The summed E-state index contributed by atoms with van der Waals surface area (Å²) in [4.78, 5) is 24.1. The molecule has 0 aliphatic carbocycles. The van der Waals surface area contributed by atoms with Crippen LogP contribution in [0.3, 0.4) is 0 Å². The molecule has 2 N–H and O–H groups in total. The van der Waals surface area contributed by atoms with E-state index in [-0.39, 0.29) is 52.7 Å². The summed E-state index contributed by atoms with van der Waals surface area (Å²) in [5.74, 6) is -1.68. The average molecular weight is 529 g/mol. The molecule has 37 heavy (non-hydrogen) atoms. The number of anilines is 1. The molecule has 0 bridgehead atoms. The molecular formula is C26H32N4O6S. The fourth-order valence-corrected chi connectivity index (χ4v) is 5.27. The number of benzene rings is 2. The summed E-state index contributed by atoms with van der Waals surface area (Å²) in [6.45, 7) is 9.13. The lowest BCUT2D eigenvalue weighted by molar-refractivity contribution is -0.119. The Labute approximate surface area is 216 Å². The first-order valence-electron chi connectivity index (χ1n) is 12.1. The van der Waals surface area contributed by atoms with E-state index in [1.165, 1.54) is 21.1 Å². The second kappa shape index (κ2) is 11.6. The van der Waals surface area contributed by atoms with Gasteiger partial charge in [-0.15, -0.1) is 0 Å². The van der Waals surface area contributed by atoms with Gasteiger partial charge in [-0.2, -0.15) is 14.1 Å². The van der Waals surface area contributed by atoms with Crippen LogP contribution >= 0.6 is 0 Å². The summed E-state index contributed by atoms with van der Waals surface area (Å²) in [7, 11) is -4.02. The van der Waals surface area contributed by atoms with Gasteiger partial charge in [0.05, 0.1) is 5.69 Å². The summed E-state index contributed by atoms with van der Waals surface area (Å²) < 4.78 is 35.9. The predicted molar refractivity (Wildman–Crippen MR) is 140 cm³/mol. The Balaban J connectivity index is 2.18. The third-order valence-electron chi connectivity index (χ3n) is 6.07. The van der Waals surface area contributed by atoms with Crippen molar-refractivity contribution < 1.29 is 27.9 Å². The molecule has 0 aliphatic rings. The number of sulfonamides is 1. The topological polar surface area (TPSA) is 131 Å². The number of carboxylic acids is 1. The lowest BCUT2D eigenvalue weighted by Gasteiger charge is -2.21. The van der Waals surface area contributed by atoms with Gasteiger partial charge in [-0.1, -0.05) is 45.9 Å². The quantitative estimate of drug-likeness (QED) is 0.369. The van der Waals surface area contributed by atoms with Gasteiger partial charge in [-0.05, 0) is 43.7 Å². The second-order valence-electron chi connectivity index (χ2n) is 8.48. The van der Waals surface area contributed by atoms with Gasteiger partial charge in [0, 0.05) is 30.3 Å². The zero-order valence-corrected chi connectivity index (χ0v) is 22.4. The van der Waals surface area contributed by atoms with Crippen molar-refractivity contribution in [3.8, 4) is 17.3 Å². The Morgan fingerprint density at radius 3 is 2.32 bits per heavy atom. The number of rotatable bonds is 11. The second-order valence-corrected chi connectivity index (χ2v) is 10.4. The molecule has 198 valence electrons. The Bertz CT molecular complexity index is 1380. The minimum Gasteiger partial charge on any atom is -0.476 e. The number of nitrogens with zero attached hydrogens (tertiary/aromatic N) is 3. The van der Waals surface area contributed by atoms with E-state index in [0.29, 0.717) is 17.8 Å². The number of hydrogen-bond acceptors (Lipinski definition) is 6. The summed E-state index contributed by atoms with van der Waals surface area (Å²) in [5.41, 5.74) is 0.864. The lowest BCUT2D eigenvalue weighted by atomic mass is 10.1. The molecular weight excluding hydrogens is 496 g/mol.